The lowest BCUT2D eigenvalue weighted by Gasteiger charge is -2.34. The van der Waals surface area contributed by atoms with Gasteiger partial charge in [-0.2, -0.15) is 0 Å². The van der Waals surface area contributed by atoms with Crippen LogP contribution in [0, 0.1) is 11.8 Å². The minimum Gasteiger partial charge on any atom is -0.488 e. The third-order valence-corrected chi connectivity index (χ3v) is 8.88. The molecule has 3 N–H and O–H groups in total. The van der Waals surface area contributed by atoms with Crippen molar-refractivity contribution in [2.24, 2.45) is 11.8 Å². The zero-order valence-electron chi connectivity index (χ0n) is 27.9. The summed E-state index contributed by atoms with van der Waals surface area (Å²) < 4.78 is 6.36. The van der Waals surface area contributed by atoms with Crippen LogP contribution in [0.15, 0.2) is 60.8 Å². The molecule has 10 heteroatoms. The number of benzene rings is 2. The Morgan fingerprint density at radius 3 is 2.35 bits per heavy atom. The third-order valence-electron chi connectivity index (χ3n) is 8.88. The molecule has 2 aromatic carbocycles. The summed E-state index contributed by atoms with van der Waals surface area (Å²) in [6.07, 6.45) is 4.65. The van der Waals surface area contributed by atoms with Crippen molar-refractivity contribution in [3.63, 3.8) is 0 Å². The van der Waals surface area contributed by atoms with Crippen molar-refractivity contribution < 1.29 is 23.9 Å². The lowest BCUT2D eigenvalue weighted by molar-refractivity contribution is -0.145. The van der Waals surface area contributed by atoms with Crippen LogP contribution in [-0.4, -0.2) is 84.3 Å². The maximum Gasteiger partial charge on any atom is 0.247 e. The lowest BCUT2D eigenvalue weighted by Crippen LogP contribution is -2.61. The third kappa shape index (κ3) is 8.75. The van der Waals surface area contributed by atoms with Crippen LogP contribution >= 0.6 is 0 Å². The zero-order valence-corrected chi connectivity index (χ0v) is 27.9. The lowest BCUT2D eigenvalue weighted by atomic mass is 9.95. The topological polar surface area (TPSA) is 120 Å². The Kier molecular flexibility index (Phi) is 12.0. The standard InChI is InChI=1S/C36H49N5O5/c1-7-24(4)31(39-34(43)29(40(5)6)21-23(2)3)36(45)41-20-18-30-32(41)35(44)38-28(22-26-11-9-8-10-12-26)33(42)37-19-17-25-13-15-27(46-30)16-14-25/h8-17,19,23-24,28-32H,7,18,20-22H2,1-6H3,(H,37,42)(H,38,44)(H,39,43)/t24-,28-,29-,30+,31+,32+/m0/s1. The molecule has 0 spiro atoms. The number of carbonyl (C=O) groups is 4. The molecule has 248 valence electrons. The van der Waals surface area contributed by atoms with Crippen LogP contribution in [0.25, 0.3) is 6.08 Å². The molecular formula is C36H49N5O5. The Morgan fingerprint density at radius 1 is 1.02 bits per heavy atom. The predicted octanol–water partition coefficient (Wildman–Crippen LogP) is 3.37. The van der Waals surface area contributed by atoms with E-state index in [0.717, 1.165) is 11.1 Å². The summed E-state index contributed by atoms with van der Waals surface area (Å²) in [4.78, 5) is 59.0. The molecule has 0 radical (unpaired) electrons. The Hall–Kier alpha value is -4.18. The Morgan fingerprint density at radius 2 is 1.72 bits per heavy atom. The van der Waals surface area contributed by atoms with Gasteiger partial charge in [-0.25, -0.2) is 0 Å². The van der Waals surface area contributed by atoms with Crippen molar-refractivity contribution in [3.05, 3.63) is 71.9 Å². The highest BCUT2D eigenvalue weighted by Crippen LogP contribution is 2.27. The van der Waals surface area contributed by atoms with E-state index in [4.69, 9.17) is 4.74 Å². The number of nitrogens with one attached hydrogen (secondary N) is 3. The number of amides is 4. The number of likely N-dealkylation sites (tertiary alicyclic amines) is 1. The zero-order chi connectivity index (χ0) is 33.4. The van der Waals surface area contributed by atoms with Crippen LogP contribution in [0.2, 0.25) is 0 Å². The second kappa shape index (κ2) is 15.9. The maximum absolute atomic E-state index is 14.4. The van der Waals surface area contributed by atoms with E-state index in [1.807, 2.05) is 87.4 Å². The molecule has 2 aromatic rings. The van der Waals surface area contributed by atoms with Crippen molar-refractivity contribution >= 4 is 29.7 Å². The minimum atomic E-state index is -1.01. The van der Waals surface area contributed by atoms with Gasteiger partial charge in [-0.15, -0.1) is 0 Å². The van der Waals surface area contributed by atoms with Gasteiger partial charge >= 0.3 is 0 Å². The summed E-state index contributed by atoms with van der Waals surface area (Å²) in [5, 5.41) is 8.80. The second-order valence-electron chi connectivity index (χ2n) is 13.1. The summed E-state index contributed by atoms with van der Waals surface area (Å²) in [7, 11) is 3.72. The Balaban J connectivity index is 1.67. The number of rotatable bonds is 10. The minimum absolute atomic E-state index is 0.184. The van der Waals surface area contributed by atoms with Gasteiger partial charge in [0.2, 0.25) is 23.6 Å². The normalized spacial score (nSPS) is 21.9. The van der Waals surface area contributed by atoms with E-state index in [9.17, 15) is 19.2 Å². The molecule has 5 rings (SSSR count). The summed E-state index contributed by atoms with van der Waals surface area (Å²) in [6.45, 7) is 8.30. The largest absolute Gasteiger partial charge is 0.488 e. The van der Waals surface area contributed by atoms with E-state index < -0.39 is 36.2 Å². The molecule has 46 heavy (non-hydrogen) atoms. The molecule has 0 unspecified atom stereocenters. The van der Waals surface area contributed by atoms with Crippen LogP contribution in [0.3, 0.4) is 0 Å². The number of fused-ring (bicyclic) bond motifs is 7. The summed E-state index contributed by atoms with van der Waals surface area (Å²) in [5.41, 5.74) is 1.75. The van der Waals surface area contributed by atoms with Crippen LogP contribution in [0.1, 0.15) is 58.1 Å². The molecule has 3 aliphatic rings. The maximum atomic E-state index is 14.4. The highest BCUT2D eigenvalue weighted by atomic mass is 16.5. The molecule has 0 saturated carbocycles. The SMILES string of the molecule is CC[C@H](C)[C@@H](NC(=O)[C@H](CC(C)C)N(C)C)C(=O)N1CC[C@H]2Oc3ccc(cc3)C=CNC(=O)[C@H](Cc3ccccc3)NC(=O)[C@@H]21. The summed E-state index contributed by atoms with van der Waals surface area (Å²) in [6, 6.07) is 13.7. The van der Waals surface area contributed by atoms with Gasteiger partial charge in [-0.1, -0.05) is 76.6 Å². The number of likely N-dealkylation sites (N-methyl/N-ethyl adjacent to an activating group) is 1. The van der Waals surface area contributed by atoms with Crippen LogP contribution in [0.5, 0.6) is 5.75 Å². The van der Waals surface area contributed by atoms with Gasteiger partial charge in [0.1, 0.15) is 30.0 Å². The fourth-order valence-electron chi connectivity index (χ4n) is 6.02. The number of nitrogens with zero attached hydrogens (tertiary/aromatic N) is 2. The highest BCUT2D eigenvalue weighted by molar-refractivity contribution is 5.96. The average Bonchev–Trinajstić information content (AvgIpc) is 3.45. The van der Waals surface area contributed by atoms with Crippen LogP contribution in [-0.2, 0) is 25.6 Å². The average molecular weight is 632 g/mol. The summed E-state index contributed by atoms with van der Waals surface area (Å²) >= 11 is 0. The fourth-order valence-corrected chi connectivity index (χ4v) is 6.02. The number of carbonyl (C=O) groups excluding carboxylic acids is 4. The second-order valence-corrected chi connectivity index (χ2v) is 13.1. The van der Waals surface area contributed by atoms with E-state index in [1.165, 1.54) is 4.90 Å². The molecule has 10 nitrogen and oxygen atoms in total. The molecular weight excluding hydrogens is 582 g/mol. The van der Waals surface area contributed by atoms with Crippen molar-refractivity contribution in [3.8, 4) is 5.75 Å². The van der Waals surface area contributed by atoms with Crippen molar-refractivity contribution in [1.29, 1.82) is 0 Å². The molecule has 4 amide bonds. The van der Waals surface area contributed by atoms with E-state index in [0.29, 0.717) is 25.0 Å². The first-order chi connectivity index (χ1) is 22.0. The van der Waals surface area contributed by atoms with E-state index in [1.54, 1.807) is 12.3 Å². The van der Waals surface area contributed by atoms with Crippen LogP contribution < -0.4 is 20.7 Å². The van der Waals surface area contributed by atoms with Crippen molar-refractivity contribution in [2.75, 3.05) is 20.6 Å². The van der Waals surface area contributed by atoms with Gasteiger partial charge in [0, 0.05) is 25.6 Å². The Bertz CT molecular complexity index is 1380. The molecule has 3 heterocycles. The molecule has 1 fully saturated rings. The number of hydrogen-bond donors (Lipinski definition) is 3. The monoisotopic (exact) mass is 631 g/mol. The van der Waals surface area contributed by atoms with Gasteiger partial charge in [0.05, 0.1) is 6.04 Å². The molecule has 0 aromatic heterocycles. The quantitative estimate of drug-likeness (QED) is 0.370. The number of hydrogen-bond acceptors (Lipinski definition) is 6. The van der Waals surface area contributed by atoms with Gasteiger partial charge in [-0.3, -0.25) is 24.1 Å². The van der Waals surface area contributed by atoms with E-state index in [-0.39, 0.29) is 42.5 Å². The van der Waals surface area contributed by atoms with E-state index >= 15 is 0 Å². The molecule has 0 aliphatic carbocycles. The van der Waals surface area contributed by atoms with Gasteiger partial charge < -0.3 is 25.6 Å². The van der Waals surface area contributed by atoms with Crippen molar-refractivity contribution in [2.45, 2.75) is 83.6 Å². The van der Waals surface area contributed by atoms with Crippen LogP contribution in [0.4, 0.5) is 0 Å². The molecule has 2 bridgehead atoms. The fraction of sp³-hybridized carbons (Fsp3) is 0.500. The highest BCUT2D eigenvalue weighted by Gasteiger charge is 2.47. The van der Waals surface area contributed by atoms with Gasteiger partial charge in [0.25, 0.3) is 0 Å². The smallest absolute Gasteiger partial charge is 0.247 e. The predicted molar refractivity (Wildman–Crippen MR) is 179 cm³/mol. The van der Waals surface area contributed by atoms with E-state index in [2.05, 4.69) is 29.8 Å². The first-order valence-corrected chi connectivity index (χ1v) is 16.3. The van der Waals surface area contributed by atoms with Crippen molar-refractivity contribution in [1.82, 2.24) is 25.8 Å². The first-order valence-electron chi connectivity index (χ1n) is 16.3. The summed E-state index contributed by atoms with van der Waals surface area (Å²) in [5.74, 6) is -0.732. The molecule has 6 atom stereocenters. The Labute approximate surface area is 272 Å². The number of ether oxygens (including phenoxy) is 1. The van der Waals surface area contributed by atoms with Gasteiger partial charge in [0.15, 0.2) is 0 Å². The molecule has 3 aliphatic heterocycles. The first kappa shape index (κ1) is 34.7. The van der Waals surface area contributed by atoms with Gasteiger partial charge in [-0.05, 0) is 61.7 Å². The molecule has 1 saturated heterocycles.